The molecular weight excluding hydrogens is 628 g/mol. The third kappa shape index (κ3) is 4.75. The van der Waals surface area contributed by atoms with Gasteiger partial charge < -0.3 is 9.30 Å². The number of hydrogen-bond donors (Lipinski definition) is 1. The number of rotatable bonds is 5. The Kier molecular flexibility index (Phi) is 6.97. The number of aromatic nitrogens is 7. The molecule has 1 aliphatic heterocycles. The summed E-state index contributed by atoms with van der Waals surface area (Å²) in [5.41, 5.74) is 0.307. The first kappa shape index (κ1) is 25.8. The summed E-state index contributed by atoms with van der Waals surface area (Å²) >= 11 is 8.82. The van der Waals surface area contributed by atoms with Gasteiger partial charge in [0.05, 0.1) is 18.2 Å². The molecule has 0 bridgehead atoms. The van der Waals surface area contributed by atoms with Crippen molar-refractivity contribution in [2.75, 3.05) is 13.2 Å². The Morgan fingerprint density at radius 1 is 1.24 bits per heavy atom. The summed E-state index contributed by atoms with van der Waals surface area (Å²) in [6.07, 6.45) is 7.74. The Morgan fingerprint density at radius 2 is 2.05 bits per heavy atom. The zero-order chi connectivity index (χ0) is 26.4. The van der Waals surface area contributed by atoms with Gasteiger partial charge >= 0.3 is 5.76 Å². The van der Waals surface area contributed by atoms with Gasteiger partial charge in [-0.15, -0.1) is 0 Å². The van der Waals surface area contributed by atoms with Crippen LogP contribution >= 0.6 is 34.2 Å². The fourth-order valence-corrected chi connectivity index (χ4v) is 6.35. The normalized spacial score (nSPS) is 26.2. The number of aromatic amines is 1. The molecule has 0 aromatic carbocycles. The molecule has 2 fully saturated rings. The molecule has 2 unspecified atom stereocenters. The van der Waals surface area contributed by atoms with Gasteiger partial charge in [-0.3, -0.25) is 14.5 Å². The number of nitrogens with one attached hydrogen (secondary N) is 1. The Morgan fingerprint density at radius 3 is 2.76 bits per heavy atom. The minimum atomic E-state index is -1.70. The highest BCUT2D eigenvalue weighted by Crippen LogP contribution is 2.43. The predicted octanol–water partition coefficient (Wildman–Crippen LogP) is 5.10. The maximum Gasteiger partial charge on any atom is 0.439 e. The Hall–Kier alpha value is -2.45. The summed E-state index contributed by atoms with van der Waals surface area (Å²) in [5, 5.41) is 4.18. The van der Waals surface area contributed by atoms with Crippen LogP contribution in [0.4, 0.5) is 4.39 Å². The van der Waals surface area contributed by atoms with Gasteiger partial charge in [-0.05, 0) is 37.7 Å². The molecule has 4 aromatic heterocycles. The number of ether oxygens (including phenoxy) is 1. The molecule has 1 aliphatic carbocycles. The van der Waals surface area contributed by atoms with E-state index in [0.29, 0.717) is 62.9 Å². The molecule has 2 atom stereocenters. The van der Waals surface area contributed by atoms with E-state index in [1.807, 2.05) is 11.5 Å². The molecular formula is C25H26ClFIN7O3. The van der Waals surface area contributed by atoms with Crippen molar-refractivity contribution in [1.82, 2.24) is 34.6 Å². The molecule has 200 valence electrons. The second kappa shape index (κ2) is 10.3. The molecule has 0 radical (unpaired) electrons. The van der Waals surface area contributed by atoms with Crippen molar-refractivity contribution < 1.29 is 13.7 Å². The molecule has 4 aromatic rings. The van der Waals surface area contributed by atoms with Crippen LogP contribution in [0.5, 0.6) is 0 Å². The largest absolute Gasteiger partial charge is 0.439 e. The lowest BCUT2D eigenvalue weighted by atomic mass is 9.85. The summed E-state index contributed by atoms with van der Waals surface area (Å²) in [5.74, 6) is -0.270. The Labute approximate surface area is 235 Å². The average molecular weight is 654 g/mol. The van der Waals surface area contributed by atoms with Crippen molar-refractivity contribution in [3.05, 3.63) is 39.9 Å². The first-order chi connectivity index (χ1) is 18.3. The lowest BCUT2D eigenvalue weighted by Crippen LogP contribution is -2.40. The standard InChI is InChI=1S/C25H26ClFIN7O3/c1-13-12-37-7-6-25(13,27)23-32-20-19(35(23)11-14-2-4-17(28)5-3-14)18(15-8-16(26)10-29-9-15)30-21(31-20)22-33-24(36)38-34-22/h8-10,13-14,17H,2-7,11-12H2,1H3,(H,33,34,36)/t13?,14-,17-,25?. The molecule has 13 heteroatoms. The van der Waals surface area contributed by atoms with Gasteiger partial charge in [-0.1, -0.05) is 46.3 Å². The van der Waals surface area contributed by atoms with Crippen LogP contribution in [0.25, 0.3) is 34.1 Å². The molecule has 1 saturated carbocycles. The SMILES string of the molecule is CC1COCCC1(F)c1nc2nc(-c3noc(=O)[nH]3)nc(-c3cncc(Cl)c3)c2n1C[C@H]1CC[C@H](I)CC1. The quantitative estimate of drug-likeness (QED) is 0.233. The van der Waals surface area contributed by atoms with E-state index >= 15 is 4.39 Å². The van der Waals surface area contributed by atoms with Crippen molar-refractivity contribution in [1.29, 1.82) is 0 Å². The molecule has 6 rings (SSSR count). The molecule has 0 spiro atoms. The van der Waals surface area contributed by atoms with E-state index in [1.54, 1.807) is 12.3 Å². The highest BCUT2D eigenvalue weighted by molar-refractivity contribution is 14.1. The zero-order valence-electron chi connectivity index (χ0n) is 20.7. The summed E-state index contributed by atoms with van der Waals surface area (Å²) < 4.78 is 29.8. The highest BCUT2D eigenvalue weighted by Gasteiger charge is 2.46. The number of nitrogens with zero attached hydrogens (tertiary/aromatic N) is 6. The van der Waals surface area contributed by atoms with Gasteiger partial charge in [-0.2, -0.15) is 0 Å². The number of pyridine rings is 1. The molecule has 2 aliphatic rings. The van der Waals surface area contributed by atoms with E-state index in [-0.39, 0.29) is 18.1 Å². The fraction of sp³-hybridized carbons (Fsp3) is 0.520. The smallest absolute Gasteiger partial charge is 0.381 e. The maximum atomic E-state index is 16.9. The van der Waals surface area contributed by atoms with E-state index < -0.39 is 17.3 Å². The third-order valence-electron chi connectivity index (χ3n) is 7.58. The number of halogens is 3. The number of H-pyrrole nitrogens is 1. The van der Waals surface area contributed by atoms with Gasteiger partial charge in [0.2, 0.25) is 11.6 Å². The van der Waals surface area contributed by atoms with Gasteiger partial charge in [0, 0.05) is 40.8 Å². The van der Waals surface area contributed by atoms with Gasteiger partial charge in [-0.25, -0.2) is 24.1 Å². The molecule has 38 heavy (non-hydrogen) atoms. The summed E-state index contributed by atoms with van der Waals surface area (Å²) in [7, 11) is 0. The lowest BCUT2D eigenvalue weighted by molar-refractivity contribution is -0.0651. The number of hydrogen-bond acceptors (Lipinski definition) is 8. The molecule has 1 N–H and O–H groups in total. The third-order valence-corrected chi connectivity index (χ3v) is 9.03. The van der Waals surface area contributed by atoms with Crippen LogP contribution in [0, 0.1) is 11.8 Å². The van der Waals surface area contributed by atoms with Crippen LogP contribution < -0.4 is 5.76 Å². The first-order valence-electron chi connectivity index (χ1n) is 12.7. The van der Waals surface area contributed by atoms with Crippen LogP contribution in [0.3, 0.4) is 0 Å². The van der Waals surface area contributed by atoms with Crippen LogP contribution in [0.15, 0.2) is 27.8 Å². The van der Waals surface area contributed by atoms with Crippen molar-refractivity contribution >= 4 is 45.4 Å². The second-order valence-corrected chi connectivity index (χ2v) is 12.4. The van der Waals surface area contributed by atoms with Crippen molar-refractivity contribution in [3.8, 4) is 22.9 Å². The van der Waals surface area contributed by atoms with Crippen LogP contribution in [-0.4, -0.2) is 51.8 Å². The Balaban J connectivity index is 1.61. The average Bonchev–Trinajstić information content (AvgIpc) is 3.51. The molecule has 0 amide bonds. The highest BCUT2D eigenvalue weighted by atomic mass is 127. The lowest BCUT2D eigenvalue weighted by Gasteiger charge is -2.36. The van der Waals surface area contributed by atoms with Crippen LogP contribution in [0.1, 0.15) is 44.9 Å². The van der Waals surface area contributed by atoms with Crippen LogP contribution in [-0.2, 0) is 17.0 Å². The summed E-state index contributed by atoms with van der Waals surface area (Å²) in [4.78, 5) is 32.6. The number of alkyl halides is 2. The van der Waals surface area contributed by atoms with Crippen molar-refractivity contribution in [2.24, 2.45) is 11.8 Å². The van der Waals surface area contributed by atoms with Crippen molar-refractivity contribution in [2.45, 2.75) is 55.2 Å². The number of fused-ring (bicyclic) bond motifs is 1. The summed E-state index contributed by atoms with van der Waals surface area (Å²) in [6.45, 7) is 3.07. The maximum absolute atomic E-state index is 16.9. The van der Waals surface area contributed by atoms with E-state index in [1.165, 1.54) is 6.20 Å². The van der Waals surface area contributed by atoms with Crippen molar-refractivity contribution in [3.63, 3.8) is 0 Å². The summed E-state index contributed by atoms with van der Waals surface area (Å²) in [6, 6.07) is 1.74. The van der Waals surface area contributed by atoms with Crippen LogP contribution in [0.2, 0.25) is 5.02 Å². The van der Waals surface area contributed by atoms with E-state index in [2.05, 4.69) is 47.2 Å². The first-order valence-corrected chi connectivity index (χ1v) is 14.3. The van der Waals surface area contributed by atoms with Gasteiger partial charge in [0.1, 0.15) is 17.0 Å². The van der Waals surface area contributed by atoms with E-state index in [9.17, 15) is 4.79 Å². The van der Waals surface area contributed by atoms with Gasteiger partial charge in [0.25, 0.3) is 0 Å². The Bertz CT molecular complexity index is 1530. The fourth-order valence-electron chi connectivity index (χ4n) is 5.46. The minimum Gasteiger partial charge on any atom is -0.381 e. The monoisotopic (exact) mass is 653 g/mol. The molecule has 5 heterocycles. The topological polar surface area (TPSA) is 125 Å². The second-order valence-electron chi connectivity index (χ2n) is 10.2. The van der Waals surface area contributed by atoms with Gasteiger partial charge in [0.15, 0.2) is 11.3 Å². The molecule has 10 nitrogen and oxygen atoms in total. The number of imidazole rings is 1. The predicted molar refractivity (Wildman–Crippen MR) is 147 cm³/mol. The minimum absolute atomic E-state index is 0.0546. The molecule has 1 saturated heterocycles. The van der Waals surface area contributed by atoms with E-state index in [0.717, 1.165) is 25.7 Å². The zero-order valence-corrected chi connectivity index (χ0v) is 23.6. The van der Waals surface area contributed by atoms with E-state index in [4.69, 9.17) is 26.3 Å².